The predicted molar refractivity (Wildman–Crippen MR) is 37.0 cm³/mol. The lowest BCUT2D eigenvalue weighted by atomic mass is 9.71. The van der Waals surface area contributed by atoms with E-state index in [0.29, 0.717) is 0 Å². The fourth-order valence-corrected chi connectivity index (χ4v) is 3.32. The van der Waals surface area contributed by atoms with E-state index in [2.05, 4.69) is 0 Å². The molecule has 0 nitrogen and oxygen atoms in total. The first-order valence-electron chi connectivity index (χ1n) is 4.45. The normalized spacial score (nSPS) is 61.3. The predicted octanol–water partition coefficient (Wildman–Crippen LogP) is 2.44. The van der Waals surface area contributed by atoms with Gasteiger partial charge in [-0.05, 0) is 55.8 Å². The quantitative estimate of drug-likeness (QED) is 0.463. The smallest absolute Gasteiger partial charge is 0.0352 e. The molecule has 0 heteroatoms. The molecule has 50 valence electrons. The molecule has 0 aromatic heterocycles. The van der Waals surface area contributed by atoms with Crippen molar-refractivity contribution in [3.8, 4) is 0 Å². The Morgan fingerprint density at radius 1 is 0.667 bits per heavy atom. The summed E-state index contributed by atoms with van der Waals surface area (Å²) in [5.41, 5.74) is 0. The van der Waals surface area contributed by atoms with Gasteiger partial charge in [-0.1, -0.05) is 0 Å². The second kappa shape index (κ2) is 1.36. The van der Waals surface area contributed by atoms with E-state index in [9.17, 15) is 0 Å². The molecule has 0 spiro atoms. The molecule has 4 saturated carbocycles. The molecule has 2 bridgehead atoms. The van der Waals surface area contributed by atoms with Gasteiger partial charge in [0, 0.05) is 0 Å². The third-order valence-electron chi connectivity index (χ3n) is 3.92. The van der Waals surface area contributed by atoms with Crippen molar-refractivity contribution in [1.82, 2.24) is 0 Å². The Balaban J connectivity index is 1.93. The third kappa shape index (κ3) is 0.500. The van der Waals surface area contributed by atoms with Crippen LogP contribution < -0.4 is 0 Å². The second-order valence-corrected chi connectivity index (χ2v) is 4.24. The van der Waals surface area contributed by atoms with Gasteiger partial charge < -0.3 is 0 Å². The molecule has 2 unspecified atom stereocenters. The maximum atomic E-state index is 1.62. The van der Waals surface area contributed by atoms with E-state index in [4.69, 9.17) is 0 Å². The summed E-state index contributed by atoms with van der Waals surface area (Å²) in [5, 5.41) is 0. The van der Waals surface area contributed by atoms with Crippen LogP contribution in [0.1, 0.15) is 32.1 Å². The Kier molecular flexibility index (Phi) is 0.717. The molecule has 4 aliphatic rings. The number of fused-ring (bicyclic) bond motifs is 2. The van der Waals surface area contributed by atoms with Crippen LogP contribution in [0, 0.1) is 23.7 Å². The molecule has 4 aliphatic carbocycles. The molecule has 0 amide bonds. The summed E-state index contributed by atoms with van der Waals surface area (Å²) in [6.45, 7) is 0. The molecule has 0 saturated heterocycles. The Hall–Kier alpha value is 0. The summed E-state index contributed by atoms with van der Waals surface area (Å²) in [5.74, 6) is 4.86. The number of hydrogen-bond donors (Lipinski definition) is 0. The van der Waals surface area contributed by atoms with Crippen LogP contribution in [0.25, 0.3) is 0 Å². The van der Waals surface area contributed by atoms with Gasteiger partial charge in [0.25, 0.3) is 0 Å². The van der Waals surface area contributed by atoms with E-state index in [0.717, 1.165) is 0 Å². The summed E-state index contributed by atoms with van der Waals surface area (Å²) in [4.78, 5) is 0. The maximum Gasteiger partial charge on any atom is -0.0352 e. The maximum absolute atomic E-state index is 1.62. The minimum absolute atomic E-state index is 1.19. The molecular weight excluding hydrogens is 108 g/mol. The first-order valence-corrected chi connectivity index (χ1v) is 4.45. The van der Waals surface area contributed by atoms with Crippen molar-refractivity contribution in [1.29, 1.82) is 0 Å². The van der Waals surface area contributed by atoms with Crippen LogP contribution in [0.2, 0.25) is 0 Å². The number of hydrogen-bond acceptors (Lipinski definition) is 0. The van der Waals surface area contributed by atoms with Crippen LogP contribution in [0.5, 0.6) is 0 Å². The molecule has 0 heterocycles. The van der Waals surface area contributed by atoms with E-state index in [1.807, 2.05) is 0 Å². The first-order chi connectivity index (χ1) is 4.45. The first kappa shape index (κ1) is 4.76. The summed E-state index contributed by atoms with van der Waals surface area (Å²) in [6, 6.07) is 0. The van der Waals surface area contributed by atoms with Gasteiger partial charge in [-0.15, -0.1) is 0 Å². The average Bonchev–Trinajstić information content (AvgIpc) is 2.68. The lowest BCUT2D eigenvalue weighted by Crippen LogP contribution is -2.24. The van der Waals surface area contributed by atoms with Crippen molar-refractivity contribution in [2.45, 2.75) is 32.1 Å². The van der Waals surface area contributed by atoms with E-state index >= 15 is 0 Å². The molecule has 0 N–H and O–H groups in total. The largest absolute Gasteiger partial charge is 0.0499 e. The van der Waals surface area contributed by atoms with Crippen molar-refractivity contribution in [2.24, 2.45) is 23.7 Å². The Morgan fingerprint density at radius 2 is 1.11 bits per heavy atom. The SMILES string of the molecule is C1CC2CCC1C1CC21. The Bertz CT molecular complexity index is 115. The van der Waals surface area contributed by atoms with E-state index in [1.54, 1.807) is 32.1 Å². The molecule has 0 radical (unpaired) electrons. The van der Waals surface area contributed by atoms with Crippen LogP contribution in [-0.2, 0) is 0 Å². The fourth-order valence-electron chi connectivity index (χ4n) is 3.32. The summed E-state index contributed by atoms with van der Waals surface area (Å²) in [7, 11) is 0. The molecule has 0 aromatic carbocycles. The van der Waals surface area contributed by atoms with Crippen molar-refractivity contribution in [2.75, 3.05) is 0 Å². The minimum Gasteiger partial charge on any atom is -0.0499 e. The average molecular weight is 122 g/mol. The van der Waals surface area contributed by atoms with E-state index < -0.39 is 0 Å². The zero-order valence-corrected chi connectivity index (χ0v) is 5.84. The molecule has 4 fully saturated rings. The monoisotopic (exact) mass is 122 g/mol. The van der Waals surface area contributed by atoms with Crippen LogP contribution in [0.3, 0.4) is 0 Å². The highest BCUT2D eigenvalue weighted by molar-refractivity contribution is 5.02. The number of rotatable bonds is 0. The molecule has 0 aromatic rings. The Labute approximate surface area is 56.6 Å². The van der Waals surface area contributed by atoms with Gasteiger partial charge >= 0.3 is 0 Å². The molecule has 9 heavy (non-hydrogen) atoms. The van der Waals surface area contributed by atoms with Gasteiger partial charge in [0.1, 0.15) is 0 Å². The highest BCUT2D eigenvalue weighted by atomic mass is 14.6. The van der Waals surface area contributed by atoms with Gasteiger partial charge in [0.05, 0.1) is 0 Å². The molecule has 2 atom stereocenters. The van der Waals surface area contributed by atoms with E-state index in [1.165, 1.54) is 23.7 Å². The molecular formula is C9H14. The van der Waals surface area contributed by atoms with Gasteiger partial charge in [-0.3, -0.25) is 0 Å². The second-order valence-electron chi connectivity index (χ2n) is 4.24. The van der Waals surface area contributed by atoms with Gasteiger partial charge in [0.15, 0.2) is 0 Å². The summed E-state index contributed by atoms with van der Waals surface area (Å²) >= 11 is 0. The van der Waals surface area contributed by atoms with Crippen LogP contribution in [-0.4, -0.2) is 0 Å². The summed E-state index contributed by atoms with van der Waals surface area (Å²) < 4.78 is 0. The van der Waals surface area contributed by atoms with Crippen LogP contribution >= 0.6 is 0 Å². The Morgan fingerprint density at radius 3 is 1.44 bits per heavy atom. The standard InChI is InChI=1S/C9H14/c1-2-7-4-3-6(1)8-5-9(7)8/h6-9H,1-5H2. The molecule has 4 rings (SSSR count). The molecule has 0 aliphatic heterocycles. The van der Waals surface area contributed by atoms with Crippen molar-refractivity contribution in [3.63, 3.8) is 0 Å². The lowest BCUT2D eigenvalue weighted by Gasteiger charge is -2.34. The minimum atomic E-state index is 1.19. The van der Waals surface area contributed by atoms with E-state index in [-0.39, 0.29) is 0 Å². The van der Waals surface area contributed by atoms with Crippen molar-refractivity contribution < 1.29 is 0 Å². The van der Waals surface area contributed by atoms with Gasteiger partial charge in [0.2, 0.25) is 0 Å². The highest BCUT2D eigenvalue weighted by Gasteiger charge is 2.53. The lowest BCUT2D eigenvalue weighted by molar-refractivity contribution is 0.161. The summed E-state index contributed by atoms with van der Waals surface area (Å²) in [6.07, 6.45) is 7.98. The zero-order chi connectivity index (χ0) is 5.84. The topological polar surface area (TPSA) is 0 Å². The van der Waals surface area contributed by atoms with Crippen LogP contribution in [0.4, 0.5) is 0 Å². The van der Waals surface area contributed by atoms with Crippen molar-refractivity contribution in [3.05, 3.63) is 0 Å². The van der Waals surface area contributed by atoms with Crippen molar-refractivity contribution >= 4 is 0 Å². The third-order valence-corrected chi connectivity index (χ3v) is 3.92. The van der Waals surface area contributed by atoms with Gasteiger partial charge in [-0.25, -0.2) is 0 Å². The fraction of sp³-hybridized carbons (Fsp3) is 1.00. The highest BCUT2D eigenvalue weighted by Crippen LogP contribution is 2.62. The van der Waals surface area contributed by atoms with Gasteiger partial charge in [-0.2, -0.15) is 0 Å². The van der Waals surface area contributed by atoms with Crippen LogP contribution in [0.15, 0.2) is 0 Å². The zero-order valence-electron chi connectivity index (χ0n) is 5.84.